The van der Waals surface area contributed by atoms with Crippen LogP contribution in [-0.4, -0.2) is 59.4 Å². The highest BCUT2D eigenvalue weighted by atomic mass is 16.5. The lowest BCUT2D eigenvalue weighted by atomic mass is 10.1. The molecular formula is C23H23N9O2. The average molecular weight is 457 g/mol. The summed E-state index contributed by atoms with van der Waals surface area (Å²) in [7, 11) is 1.59. The summed E-state index contributed by atoms with van der Waals surface area (Å²) < 4.78 is 15.2. The molecule has 6 rings (SSSR count). The lowest BCUT2D eigenvalue weighted by Crippen LogP contribution is -2.11. The van der Waals surface area contributed by atoms with Crippen LogP contribution >= 0.6 is 0 Å². The predicted molar refractivity (Wildman–Crippen MR) is 125 cm³/mol. The largest absolute Gasteiger partial charge is 0.479 e. The Balaban J connectivity index is 1.41. The molecule has 11 nitrogen and oxygen atoms in total. The van der Waals surface area contributed by atoms with E-state index in [4.69, 9.17) is 9.47 Å². The fourth-order valence-corrected chi connectivity index (χ4v) is 4.38. The summed E-state index contributed by atoms with van der Waals surface area (Å²) >= 11 is 0. The quantitative estimate of drug-likeness (QED) is 0.410. The Hall–Kier alpha value is -4.12. The van der Waals surface area contributed by atoms with E-state index in [1.807, 2.05) is 25.4 Å². The molecule has 0 bridgehead atoms. The fraction of sp³-hybridized carbons (Fsp3) is 0.304. The van der Waals surface area contributed by atoms with Crippen LogP contribution in [0.25, 0.3) is 27.8 Å². The second-order valence-electron chi connectivity index (χ2n) is 8.25. The second kappa shape index (κ2) is 8.34. The normalized spacial score (nSPS) is 15.9. The molecule has 0 spiro atoms. The molecule has 1 atom stereocenters. The highest BCUT2D eigenvalue weighted by molar-refractivity contribution is 5.88. The Morgan fingerprint density at radius 2 is 2.15 bits per heavy atom. The van der Waals surface area contributed by atoms with E-state index in [1.165, 1.54) is 0 Å². The Labute approximate surface area is 194 Å². The SMILES string of the molecule is COc1nc(Nc2cnccn2)nn2ccc(-c3cnc4nc(C)n(CC5CCOC5)c4c3)c12. The van der Waals surface area contributed by atoms with Gasteiger partial charge in [-0.3, -0.25) is 4.98 Å². The van der Waals surface area contributed by atoms with Gasteiger partial charge in [-0.15, -0.1) is 5.10 Å². The third-order valence-corrected chi connectivity index (χ3v) is 6.05. The van der Waals surface area contributed by atoms with Gasteiger partial charge in [0.05, 0.1) is 25.4 Å². The Bertz CT molecular complexity index is 1470. The van der Waals surface area contributed by atoms with E-state index >= 15 is 0 Å². The van der Waals surface area contributed by atoms with Crippen LogP contribution in [0.1, 0.15) is 12.2 Å². The van der Waals surface area contributed by atoms with Crippen molar-refractivity contribution in [2.24, 2.45) is 5.92 Å². The van der Waals surface area contributed by atoms with E-state index in [2.05, 4.69) is 46.0 Å². The molecule has 0 radical (unpaired) electrons. The number of rotatable bonds is 6. The van der Waals surface area contributed by atoms with E-state index in [1.54, 1.807) is 30.2 Å². The summed E-state index contributed by atoms with van der Waals surface area (Å²) in [5, 5.41) is 7.63. The van der Waals surface area contributed by atoms with Gasteiger partial charge in [-0.1, -0.05) is 0 Å². The zero-order valence-electron chi connectivity index (χ0n) is 18.8. The van der Waals surface area contributed by atoms with Crippen molar-refractivity contribution in [2.75, 3.05) is 25.6 Å². The minimum Gasteiger partial charge on any atom is -0.479 e. The molecule has 1 N–H and O–H groups in total. The van der Waals surface area contributed by atoms with Gasteiger partial charge < -0.3 is 19.4 Å². The van der Waals surface area contributed by atoms with Crippen LogP contribution in [0, 0.1) is 12.8 Å². The van der Waals surface area contributed by atoms with Crippen LogP contribution in [0.5, 0.6) is 5.88 Å². The molecule has 1 unspecified atom stereocenters. The molecule has 1 aliphatic heterocycles. The molecule has 6 heterocycles. The molecule has 0 amide bonds. The molecule has 1 fully saturated rings. The molecule has 34 heavy (non-hydrogen) atoms. The molecule has 1 aliphatic rings. The Morgan fingerprint density at radius 3 is 2.94 bits per heavy atom. The summed E-state index contributed by atoms with van der Waals surface area (Å²) in [5.74, 6) is 2.78. The molecule has 172 valence electrons. The van der Waals surface area contributed by atoms with Crippen molar-refractivity contribution in [3.8, 4) is 17.0 Å². The van der Waals surface area contributed by atoms with Crippen molar-refractivity contribution in [2.45, 2.75) is 19.9 Å². The summed E-state index contributed by atoms with van der Waals surface area (Å²) in [4.78, 5) is 22.1. The number of aromatic nitrogens is 8. The van der Waals surface area contributed by atoms with E-state index in [0.29, 0.717) is 23.6 Å². The third kappa shape index (κ3) is 3.59. The maximum absolute atomic E-state index is 5.63. The lowest BCUT2D eigenvalue weighted by Gasteiger charge is -2.12. The van der Waals surface area contributed by atoms with E-state index in [-0.39, 0.29) is 0 Å². The van der Waals surface area contributed by atoms with Crippen molar-refractivity contribution >= 4 is 28.4 Å². The van der Waals surface area contributed by atoms with Crippen LogP contribution in [0.4, 0.5) is 11.8 Å². The Kier molecular flexibility index (Phi) is 5.02. The van der Waals surface area contributed by atoms with Crippen molar-refractivity contribution in [1.29, 1.82) is 0 Å². The van der Waals surface area contributed by atoms with Gasteiger partial charge in [0.1, 0.15) is 11.3 Å². The molecule has 0 aliphatic carbocycles. The number of aryl methyl sites for hydroxylation is 1. The maximum Gasteiger partial charge on any atom is 0.249 e. The number of hydrogen-bond donors (Lipinski definition) is 1. The van der Waals surface area contributed by atoms with Gasteiger partial charge in [0.25, 0.3) is 0 Å². The molecule has 1 saturated heterocycles. The van der Waals surface area contributed by atoms with E-state index in [9.17, 15) is 0 Å². The number of hydrogen-bond acceptors (Lipinski definition) is 9. The molecular weight excluding hydrogens is 434 g/mol. The lowest BCUT2D eigenvalue weighted by molar-refractivity contribution is 0.182. The Morgan fingerprint density at radius 1 is 1.21 bits per heavy atom. The van der Waals surface area contributed by atoms with Crippen molar-refractivity contribution < 1.29 is 9.47 Å². The first kappa shape index (κ1) is 20.5. The first-order valence-electron chi connectivity index (χ1n) is 11.1. The predicted octanol–water partition coefficient (Wildman–Crippen LogP) is 3.03. The molecule has 11 heteroatoms. The summed E-state index contributed by atoms with van der Waals surface area (Å²) in [5.41, 5.74) is 4.35. The maximum atomic E-state index is 5.63. The van der Waals surface area contributed by atoms with Gasteiger partial charge in [0.15, 0.2) is 11.5 Å². The smallest absolute Gasteiger partial charge is 0.249 e. The number of pyridine rings is 1. The van der Waals surface area contributed by atoms with Crippen molar-refractivity contribution in [3.05, 3.63) is 48.9 Å². The zero-order chi connectivity index (χ0) is 23.1. The number of fused-ring (bicyclic) bond motifs is 2. The third-order valence-electron chi connectivity index (χ3n) is 6.05. The number of methoxy groups -OCH3 is 1. The van der Waals surface area contributed by atoms with Gasteiger partial charge in [-0.2, -0.15) is 4.98 Å². The van der Waals surface area contributed by atoms with Crippen LogP contribution in [-0.2, 0) is 11.3 Å². The summed E-state index contributed by atoms with van der Waals surface area (Å²) in [6.45, 7) is 4.50. The fourth-order valence-electron chi connectivity index (χ4n) is 4.38. The second-order valence-corrected chi connectivity index (χ2v) is 8.25. The van der Waals surface area contributed by atoms with Crippen molar-refractivity contribution in [3.63, 3.8) is 0 Å². The van der Waals surface area contributed by atoms with E-state index in [0.717, 1.165) is 59.8 Å². The van der Waals surface area contributed by atoms with Gasteiger partial charge in [-0.25, -0.2) is 19.5 Å². The first-order valence-corrected chi connectivity index (χ1v) is 11.1. The average Bonchev–Trinajstić information content (AvgIpc) is 3.59. The molecule has 5 aromatic heterocycles. The zero-order valence-corrected chi connectivity index (χ0v) is 18.8. The van der Waals surface area contributed by atoms with Gasteiger partial charge >= 0.3 is 0 Å². The minimum atomic E-state index is 0.355. The van der Waals surface area contributed by atoms with Gasteiger partial charge in [0, 0.05) is 55.0 Å². The van der Waals surface area contributed by atoms with Crippen LogP contribution in [0.2, 0.25) is 0 Å². The molecule has 5 aromatic rings. The number of imidazole rings is 1. The molecule has 0 aromatic carbocycles. The van der Waals surface area contributed by atoms with Crippen LogP contribution in [0.15, 0.2) is 43.1 Å². The van der Waals surface area contributed by atoms with Crippen LogP contribution in [0.3, 0.4) is 0 Å². The summed E-state index contributed by atoms with van der Waals surface area (Å²) in [6, 6.07) is 4.11. The molecule has 0 saturated carbocycles. The number of anilines is 2. The monoisotopic (exact) mass is 457 g/mol. The number of nitrogens with one attached hydrogen (secondary N) is 1. The number of nitrogens with zero attached hydrogens (tertiary/aromatic N) is 8. The minimum absolute atomic E-state index is 0.355. The van der Waals surface area contributed by atoms with Crippen LogP contribution < -0.4 is 10.1 Å². The highest BCUT2D eigenvalue weighted by Crippen LogP contribution is 2.33. The standard InChI is InChI=1S/C23H23N9O2/c1-14-27-21-18(31(14)12-15-4-8-34-13-15)9-16(10-26-21)17-3-7-32-20(17)22(33-2)29-23(30-32)28-19-11-24-5-6-25-19/h3,5-7,9-11,15H,4,8,12-13H2,1-2H3,(H,25,28,30). The number of ether oxygens (including phenoxy) is 2. The summed E-state index contributed by atoms with van der Waals surface area (Å²) in [6.07, 6.45) is 9.58. The topological polar surface area (TPSA) is 117 Å². The van der Waals surface area contributed by atoms with Gasteiger partial charge in [-0.05, 0) is 25.5 Å². The van der Waals surface area contributed by atoms with E-state index < -0.39 is 0 Å². The van der Waals surface area contributed by atoms with Gasteiger partial charge in [0.2, 0.25) is 11.8 Å². The highest BCUT2D eigenvalue weighted by Gasteiger charge is 2.21. The first-order chi connectivity index (χ1) is 16.7. The van der Waals surface area contributed by atoms with Crippen molar-refractivity contribution in [1.82, 2.24) is 39.1 Å².